The third kappa shape index (κ3) is 1.40. The van der Waals surface area contributed by atoms with E-state index < -0.39 is 5.97 Å². The lowest BCUT2D eigenvalue weighted by Crippen LogP contribution is -2.37. The summed E-state index contributed by atoms with van der Waals surface area (Å²) in [6, 6.07) is 6.84. The molecule has 1 amide bonds. The van der Waals surface area contributed by atoms with Crippen molar-refractivity contribution in [2.75, 3.05) is 6.54 Å². The molecule has 0 radical (unpaired) electrons. The van der Waals surface area contributed by atoms with Crippen molar-refractivity contribution >= 4 is 22.8 Å². The Labute approximate surface area is 103 Å². The number of aromatic carboxylic acids is 1. The number of rotatable bonds is 1. The predicted octanol–water partition coefficient (Wildman–Crippen LogP) is 1.64. The number of hydrogen-bond donors (Lipinski definition) is 2. The fourth-order valence-electron chi connectivity index (χ4n) is 2.43. The molecule has 0 fully saturated rings. The molecule has 0 aliphatic carbocycles. The minimum atomic E-state index is -0.958. The standard InChI is InChI=1S/C13H12N2O3/c1-7-6-14-12(16)11-4-8-2-3-9(13(17)18)5-10(8)15(7)11/h2-5,7H,6H2,1H3,(H,14,16)(H,17,18)/t7-/m1/s1. The maximum atomic E-state index is 11.8. The second kappa shape index (κ2) is 3.60. The third-order valence-electron chi connectivity index (χ3n) is 3.32. The Balaban J connectivity index is 2.32. The number of hydrogen-bond acceptors (Lipinski definition) is 2. The molecule has 5 nitrogen and oxygen atoms in total. The van der Waals surface area contributed by atoms with Gasteiger partial charge < -0.3 is 15.0 Å². The molecule has 3 rings (SSSR count). The molecule has 5 heteroatoms. The van der Waals surface area contributed by atoms with Crippen LogP contribution in [0, 0.1) is 0 Å². The topological polar surface area (TPSA) is 71.3 Å². The molecule has 0 bridgehead atoms. The number of fused-ring (bicyclic) bond motifs is 3. The van der Waals surface area contributed by atoms with Crippen molar-refractivity contribution in [2.45, 2.75) is 13.0 Å². The molecule has 1 atom stereocenters. The number of benzene rings is 1. The smallest absolute Gasteiger partial charge is 0.335 e. The number of nitrogens with one attached hydrogen (secondary N) is 1. The summed E-state index contributed by atoms with van der Waals surface area (Å²) in [6.07, 6.45) is 0. The molecule has 2 aromatic rings. The number of amides is 1. The normalized spacial score (nSPS) is 18.5. The van der Waals surface area contributed by atoms with Crippen molar-refractivity contribution in [1.82, 2.24) is 9.88 Å². The van der Waals surface area contributed by atoms with Crippen molar-refractivity contribution in [1.29, 1.82) is 0 Å². The molecule has 0 spiro atoms. The van der Waals surface area contributed by atoms with E-state index in [0.29, 0.717) is 12.2 Å². The van der Waals surface area contributed by atoms with Crippen LogP contribution in [0.1, 0.15) is 33.8 Å². The lowest BCUT2D eigenvalue weighted by atomic mass is 10.1. The first kappa shape index (κ1) is 10.8. The van der Waals surface area contributed by atoms with Crippen LogP contribution in [0.4, 0.5) is 0 Å². The van der Waals surface area contributed by atoms with Gasteiger partial charge in [-0.05, 0) is 25.1 Å². The van der Waals surface area contributed by atoms with E-state index in [1.165, 1.54) is 0 Å². The summed E-state index contributed by atoms with van der Waals surface area (Å²) in [4.78, 5) is 22.8. The van der Waals surface area contributed by atoms with E-state index in [2.05, 4.69) is 5.32 Å². The number of carboxylic acids is 1. The molecule has 0 saturated carbocycles. The van der Waals surface area contributed by atoms with E-state index in [9.17, 15) is 9.59 Å². The van der Waals surface area contributed by atoms with Gasteiger partial charge in [-0.1, -0.05) is 6.07 Å². The van der Waals surface area contributed by atoms with Gasteiger partial charge >= 0.3 is 5.97 Å². The van der Waals surface area contributed by atoms with E-state index in [4.69, 9.17) is 5.11 Å². The fourth-order valence-corrected chi connectivity index (χ4v) is 2.43. The van der Waals surface area contributed by atoms with Crippen LogP contribution < -0.4 is 5.32 Å². The van der Waals surface area contributed by atoms with Gasteiger partial charge in [-0.25, -0.2) is 4.79 Å². The zero-order valence-electron chi connectivity index (χ0n) is 9.80. The number of carboxylic acid groups (broad SMARTS) is 1. The summed E-state index contributed by atoms with van der Waals surface area (Å²) in [5, 5.41) is 12.7. The van der Waals surface area contributed by atoms with E-state index >= 15 is 0 Å². The highest BCUT2D eigenvalue weighted by atomic mass is 16.4. The van der Waals surface area contributed by atoms with Crippen molar-refractivity contribution in [2.24, 2.45) is 0 Å². The maximum Gasteiger partial charge on any atom is 0.335 e. The van der Waals surface area contributed by atoms with Crippen molar-refractivity contribution in [3.63, 3.8) is 0 Å². The second-order valence-corrected chi connectivity index (χ2v) is 4.54. The molecular weight excluding hydrogens is 232 g/mol. The van der Waals surface area contributed by atoms with Crippen LogP contribution in [-0.2, 0) is 0 Å². The first-order valence-electron chi connectivity index (χ1n) is 5.74. The monoisotopic (exact) mass is 244 g/mol. The molecule has 1 aromatic heterocycles. The molecule has 2 heterocycles. The third-order valence-corrected chi connectivity index (χ3v) is 3.32. The van der Waals surface area contributed by atoms with Crippen LogP contribution in [0.3, 0.4) is 0 Å². The first-order chi connectivity index (χ1) is 8.58. The summed E-state index contributed by atoms with van der Waals surface area (Å²) in [5.74, 6) is -1.07. The van der Waals surface area contributed by atoms with Crippen molar-refractivity contribution in [3.05, 3.63) is 35.5 Å². The van der Waals surface area contributed by atoms with Crippen LogP contribution in [0.25, 0.3) is 10.9 Å². The van der Waals surface area contributed by atoms with Gasteiger partial charge in [-0.15, -0.1) is 0 Å². The minimum absolute atomic E-state index is 0.110. The molecule has 18 heavy (non-hydrogen) atoms. The Hall–Kier alpha value is -2.30. The van der Waals surface area contributed by atoms with Crippen LogP contribution >= 0.6 is 0 Å². The highest BCUT2D eigenvalue weighted by Gasteiger charge is 2.24. The average Bonchev–Trinajstić information content (AvgIpc) is 2.73. The lowest BCUT2D eigenvalue weighted by Gasteiger charge is -2.24. The largest absolute Gasteiger partial charge is 0.478 e. The quantitative estimate of drug-likeness (QED) is 0.801. The molecule has 1 aromatic carbocycles. The zero-order chi connectivity index (χ0) is 12.9. The number of carbonyl (C=O) groups excluding carboxylic acids is 1. The Morgan fingerprint density at radius 1 is 1.44 bits per heavy atom. The van der Waals surface area contributed by atoms with Gasteiger partial charge in [-0.2, -0.15) is 0 Å². The summed E-state index contributed by atoms with van der Waals surface area (Å²) in [7, 11) is 0. The summed E-state index contributed by atoms with van der Waals surface area (Å²) in [5.41, 5.74) is 1.63. The second-order valence-electron chi connectivity index (χ2n) is 4.54. The van der Waals surface area contributed by atoms with Gasteiger partial charge in [0.05, 0.1) is 5.56 Å². The Kier molecular flexibility index (Phi) is 2.16. The van der Waals surface area contributed by atoms with Gasteiger partial charge in [0.15, 0.2) is 0 Å². The van der Waals surface area contributed by atoms with Gasteiger partial charge in [0.1, 0.15) is 5.69 Å². The summed E-state index contributed by atoms with van der Waals surface area (Å²) < 4.78 is 1.90. The highest BCUT2D eigenvalue weighted by Crippen LogP contribution is 2.27. The first-order valence-corrected chi connectivity index (χ1v) is 5.74. The molecule has 2 N–H and O–H groups in total. The van der Waals surface area contributed by atoms with E-state index in [-0.39, 0.29) is 17.5 Å². The van der Waals surface area contributed by atoms with Gasteiger partial charge in [0.2, 0.25) is 0 Å². The Bertz CT molecular complexity index is 672. The van der Waals surface area contributed by atoms with Crippen LogP contribution in [0.5, 0.6) is 0 Å². The zero-order valence-corrected chi connectivity index (χ0v) is 9.80. The van der Waals surface area contributed by atoms with E-state index in [0.717, 1.165) is 10.9 Å². The fraction of sp³-hybridized carbons (Fsp3) is 0.231. The molecule has 0 unspecified atom stereocenters. The number of carbonyl (C=O) groups is 2. The SMILES string of the molecule is C[C@@H]1CNC(=O)c2cc3ccc(C(=O)O)cc3n21. The Morgan fingerprint density at radius 2 is 2.22 bits per heavy atom. The van der Waals surface area contributed by atoms with Crippen molar-refractivity contribution < 1.29 is 14.7 Å². The van der Waals surface area contributed by atoms with Crippen LogP contribution in [-0.4, -0.2) is 28.1 Å². The molecule has 92 valence electrons. The van der Waals surface area contributed by atoms with Gasteiger partial charge in [0, 0.05) is 23.5 Å². The molecular formula is C13H12N2O3. The Morgan fingerprint density at radius 3 is 2.94 bits per heavy atom. The predicted molar refractivity (Wildman–Crippen MR) is 65.9 cm³/mol. The van der Waals surface area contributed by atoms with Gasteiger partial charge in [0.25, 0.3) is 5.91 Å². The summed E-state index contributed by atoms with van der Waals surface area (Å²) >= 11 is 0. The molecule has 0 saturated heterocycles. The van der Waals surface area contributed by atoms with E-state index in [1.807, 2.05) is 11.5 Å². The van der Waals surface area contributed by atoms with Crippen LogP contribution in [0.2, 0.25) is 0 Å². The van der Waals surface area contributed by atoms with Gasteiger partial charge in [-0.3, -0.25) is 4.79 Å². The summed E-state index contributed by atoms with van der Waals surface area (Å²) in [6.45, 7) is 2.56. The maximum absolute atomic E-state index is 11.8. The molecule has 1 aliphatic rings. The van der Waals surface area contributed by atoms with Crippen molar-refractivity contribution in [3.8, 4) is 0 Å². The average molecular weight is 244 g/mol. The molecule has 1 aliphatic heterocycles. The lowest BCUT2D eigenvalue weighted by molar-refractivity contribution is 0.0697. The minimum Gasteiger partial charge on any atom is -0.478 e. The van der Waals surface area contributed by atoms with Crippen LogP contribution in [0.15, 0.2) is 24.3 Å². The number of aromatic nitrogens is 1. The van der Waals surface area contributed by atoms with E-state index in [1.54, 1.807) is 24.3 Å². The number of nitrogens with zero attached hydrogens (tertiary/aromatic N) is 1. The highest BCUT2D eigenvalue weighted by molar-refractivity contribution is 6.01.